The van der Waals surface area contributed by atoms with Gasteiger partial charge in [-0.05, 0) is 40.6 Å². The molecule has 5 heteroatoms. The van der Waals surface area contributed by atoms with E-state index >= 15 is 0 Å². The van der Waals surface area contributed by atoms with E-state index in [-0.39, 0.29) is 0 Å². The number of aromatic nitrogens is 3. The molecule has 4 nitrogen and oxygen atoms in total. The van der Waals surface area contributed by atoms with Gasteiger partial charge in [-0.2, -0.15) is 0 Å². The van der Waals surface area contributed by atoms with Crippen LogP contribution < -0.4 is 5.32 Å². The van der Waals surface area contributed by atoms with Gasteiger partial charge >= 0.3 is 0 Å². The van der Waals surface area contributed by atoms with Gasteiger partial charge in [0.1, 0.15) is 4.60 Å². The first-order chi connectivity index (χ1) is 9.03. The van der Waals surface area contributed by atoms with Gasteiger partial charge in [-0.15, -0.1) is 0 Å². The molecule has 0 saturated heterocycles. The average molecular weight is 323 g/mol. The summed E-state index contributed by atoms with van der Waals surface area (Å²) in [4.78, 5) is 8.56. The van der Waals surface area contributed by atoms with Gasteiger partial charge in [0.25, 0.3) is 0 Å². The van der Waals surface area contributed by atoms with Crippen molar-refractivity contribution in [2.45, 2.75) is 45.7 Å². The summed E-state index contributed by atoms with van der Waals surface area (Å²) in [6.45, 7) is 5.57. The van der Waals surface area contributed by atoms with Crippen molar-refractivity contribution in [2.75, 3.05) is 0 Å². The van der Waals surface area contributed by atoms with Gasteiger partial charge in [-0.25, -0.2) is 9.97 Å². The van der Waals surface area contributed by atoms with E-state index in [9.17, 15) is 0 Å². The zero-order chi connectivity index (χ0) is 13.5. The van der Waals surface area contributed by atoms with Crippen LogP contribution in [0.15, 0.2) is 23.2 Å². The van der Waals surface area contributed by atoms with E-state index in [1.54, 1.807) is 6.20 Å². The Bertz CT molecular complexity index is 590. The Hall–Kier alpha value is -0.940. The van der Waals surface area contributed by atoms with Crippen LogP contribution in [0.2, 0.25) is 0 Å². The standard InChI is InChI=1S/C14H19BrN4/c1-14(2)4-3-10(5-14)16-6-11-7-18-13-8-17-12(15)9-19(11)13/h7-10,16H,3-6H2,1-2H3. The van der Waals surface area contributed by atoms with E-state index in [0.29, 0.717) is 11.5 Å². The Kier molecular flexibility index (Phi) is 3.35. The van der Waals surface area contributed by atoms with Gasteiger partial charge in [0.05, 0.1) is 18.1 Å². The fourth-order valence-corrected chi connectivity index (χ4v) is 3.21. The molecule has 0 aliphatic heterocycles. The lowest BCUT2D eigenvalue weighted by atomic mass is 9.92. The molecule has 0 aromatic carbocycles. The lowest BCUT2D eigenvalue weighted by Gasteiger charge is -2.17. The molecule has 1 unspecified atom stereocenters. The summed E-state index contributed by atoms with van der Waals surface area (Å²) in [7, 11) is 0. The highest BCUT2D eigenvalue weighted by molar-refractivity contribution is 9.10. The molecule has 1 N–H and O–H groups in total. The van der Waals surface area contributed by atoms with Crippen LogP contribution in [0.1, 0.15) is 38.8 Å². The Labute approximate surface area is 121 Å². The number of hydrogen-bond acceptors (Lipinski definition) is 3. The molecular weight excluding hydrogens is 304 g/mol. The second-order valence-electron chi connectivity index (χ2n) is 6.17. The average Bonchev–Trinajstić information content (AvgIpc) is 2.90. The van der Waals surface area contributed by atoms with Gasteiger partial charge in [-0.3, -0.25) is 4.40 Å². The molecule has 3 rings (SSSR count). The maximum Gasteiger partial charge on any atom is 0.155 e. The smallest absolute Gasteiger partial charge is 0.155 e. The summed E-state index contributed by atoms with van der Waals surface area (Å²) in [5.41, 5.74) is 2.57. The first-order valence-corrected chi connectivity index (χ1v) is 7.54. The van der Waals surface area contributed by atoms with Gasteiger partial charge < -0.3 is 5.32 Å². The summed E-state index contributed by atoms with van der Waals surface area (Å²) in [6, 6.07) is 0.630. The lowest BCUT2D eigenvalue weighted by molar-refractivity contribution is 0.364. The molecule has 0 bridgehead atoms. The monoisotopic (exact) mass is 322 g/mol. The van der Waals surface area contributed by atoms with E-state index < -0.39 is 0 Å². The van der Waals surface area contributed by atoms with E-state index in [2.05, 4.69) is 49.5 Å². The molecule has 1 aliphatic rings. The van der Waals surface area contributed by atoms with Crippen LogP contribution in [0.25, 0.3) is 5.65 Å². The molecule has 2 heterocycles. The predicted molar refractivity (Wildman–Crippen MR) is 78.9 cm³/mol. The van der Waals surface area contributed by atoms with Crippen LogP contribution in [0.5, 0.6) is 0 Å². The first kappa shape index (κ1) is 13.1. The number of fused-ring (bicyclic) bond motifs is 1. The number of halogens is 1. The van der Waals surface area contributed by atoms with Crippen molar-refractivity contribution in [3.05, 3.63) is 28.9 Å². The normalized spacial score (nSPS) is 22.2. The molecule has 0 spiro atoms. The van der Waals surface area contributed by atoms with Crippen LogP contribution in [0, 0.1) is 5.41 Å². The Balaban J connectivity index is 1.70. The molecule has 19 heavy (non-hydrogen) atoms. The van der Waals surface area contributed by atoms with Gasteiger partial charge in [0.15, 0.2) is 5.65 Å². The number of hydrogen-bond donors (Lipinski definition) is 1. The molecular formula is C14H19BrN4. The lowest BCUT2D eigenvalue weighted by Crippen LogP contribution is -2.27. The quantitative estimate of drug-likeness (QED) is 0.943. The minimum absolute atomic E-state index is 0.490. The van der Waals surface area contributed by atoms with Crippen molar-refractivity contribution in [3.8, 4) is 0 Å². The zero-order valence-electron chi connectivity index (χ0n) is 11.4. The number of imidazole rings is 1. The number of nitrogens with one attached hydrogen (secondary N) is 1. The second kappa shape index (κ2) is 4.87. The highest BCUT2D eigenvalue weighted by Gasteiger charge is 2.30. The molecule has 2 aromatic heterocycles. The van der Waals surface area contributed by atoms with E-state index in [1.807, 2.05) is 12.4 Å². The minimum atomic E-state index is 0.490. The summed E-state index contributed by atoms with van der Waals surface area (Å²) >= 11 is 3.40. The van der Waals surface area contributed by atoms with E-state index in [1.165, 1.54) is 25.0 Å². The van der Waals surface area contributed by atoms with Crippen LogP contribution >= 0.6 is 15.9 Å². The van der Waals surface area contributed by atoms with Crippen LogP contribution in [0.4, 0.5) is 0 Å². The summed E-state index contributed by atoms with van der Waals surface area (Å²) in [5.74, 6) is 0. The van der Waals surface area contributed by atoms with E-state index in [0.717, 1.165) is 16.8 Å². The third kappa shape index (κ3) is 2.82. The van der Waals surface area contributed by atoms with Gasteiger partial charge in [0, 0.05) is 18.8 Å². The maximum atomic E-state index is 4.37. The third-order valence-corrected chi connectivity index (χ3v) is 4.39. The zero-order valence-corrected chi connectivity index (χ0v) is 12.9. The molecule has 102 valence electrons. The Morgan fingerprint density at radius 1 is 1.42 bits per heavy atom. The van der Waals surface area contributed by atoms with E-state index in [4.69, 9.17) is 0 Å². The van der Waals surface area contributed by atoms with Gasteiger partial charge in [-0.1, -0.05) is 13.8 Å². The van der Waals surface area contributed by atoms with Crippen molar-refractivity contribution in [3.63, 3.8) is 0 Å². The molecule has 1 aliphatic carbocycles. The molecule has 0 radical (unpaired) electrons. The van der Waals surface area contributed by atoms with Crippen LogP contribution in [0.3, 0.4) is 0 Å². The molecule has 1 atom stereocenters. The van der Waals surface area contributed by atoms with Crippen molar-refractivity contribution < 1.29 is 0 Å². The van der Waals surface area contributed by atoms with Crippen LogP contribution in [-0.2, 0) is 6.54 Å². The summed E-state index contributed by atoms with van der Waals surface area (Å²) in [5, 5.41) is 3.65. The van der Waals surface area contributed by atoms with Crippen molar-refractivity contribution in [1.82, 2.24) is 19.7 Å². The number of rotatable bonds is 3. The van der Waals surface area contributed by atoms with Crippen LogP contribution in [-0.4, -0.2) is 20.4 Å². The summed E-state index contributed by atoms with van der Waals surface area (Å²) < 4.78 is 2.92. The number of nitrogens with zero attached hydrogens (tertiary/aromatic N) is 3. The molecule has 1 fully saturated rings. The van der Waals surface area contributed by atoms with Crippen molar-refractivity contribution >= 4 is 21.6 Å². The molecule has 0 amide bonds. The van der Waals surface area contributed by atoms with Crippen molar-refractivity contribution in [1.29, 1.82) is 0 Å². The minimum Gasteiger partial charge on any atom is -0.308 e. The predicted octanol–water partition coefficient (Wildman–Crippen LogP) is 3.16. The van der Waals surface area contributed by atoms with Crippen molar-refractivity contribution in [2.24, 2.45) is 5.41 Å². The highest BCUT2D eigenvalue weighted by Crippen LogP contribution is 2.36. The largest absolute Gasteiger partial charge is 0.308 e. The Morgan fingerprint density at radius 2 is 2.26 bits per heavy atom. The SMILES string of the molecule is CC1(C)CCC(NCc2cnc3cnc(Br)cn23)C1. The molecule has 2 aromatic rings. The fourth-order valence-electron chi connectivity index (χ4n) is 2.91. The topological polar surface area (TPSA) is 42.2 Å². The summed E-state index contributed by atoms with van der Waals surface area (Å²) in [6.07, 6.45) is 9.53. The highest BCUT2D eigenvalue weighted by atomic mass is 79.9. The van der Waals surface area contributed by atoms with Gasteiger partial charge in [0.2, 0.25) is 0 Å². The first-order valence-electron chi connectivity index (χ1n) is 6.74. The molecule has 1 saturated carbocycles. The fraction of sp³-hybridized carbons (Fsp3) is 0.571. The third-order valence-electron chi connectivity index (χ3n) is 3.98. The Morgan fingerprint density at radius 3 is 3.00 bits per heavy atom. The second-order valence-corrected chi connectivity index (χ2v) is 6.99. The maximum absolute atomic E-state index is 4.37.